The number of carbonyl (C=O) groups is 2. The summed E-state index contributed by atoms with van der Waals surface area (Å²) in [5.41, 5.74) is 3.44. The average molecular weight is 841 g/mol. The van der Waals surface area contributed by atoms with Gasteiger partial charge >= 0.3 is 12.1 Å². The van der Waals surface area contributed by atoms with Gasteiger partial charge in [0.1, 0.15) is 11.3 Å². The Morgan fingerprint density at radius 3 is 2.05 bits per heavy atom. The molecule has 11 nitrogen and oxygen atoms in total. The minimum absolute atomic E-state index is 0.0236. The average Bonchev–Trinajstić information content (AvgIpc) is 3.66. The molecule has 0 radical (unpaired) electrons. The Hall–Kier alpha value is -5.33. The number of esters is 1. The van der Waals surface area contributed by atoms with Gasteiger partial charge in [0, 0.05) is 6.61 Å². The van der Waals surface area contributed by atoms with E-state index in [-0.39, 0.29) is 29.0 Å². The van der Waals surface area contributed by atoms with Crippen LogP contribution < -0.4 is 25.2 Å². The van der Waals surface area contributed by atoms with Gasteiger partial charge in [0.05, 0.1) is 18.6 Å². The number of ether oxygens (including phenoxy) is 4. The summed E-state index contributed by atoms with van der Waals surface area (Å²) in [6.45, 7) is 13.9. The molecular formula is C46H56N2O9SSi. The predicted molar refractivity (Wildman–Crippen MR) is 231 cm³/mol. The Kier molecular flexibility index (Phi) is 14.5. The Labute approximate surface area is 350 Å². The van der Waals surface area contributed by atoms with Crippen LogP contribution in [-0.2, 0) is 35.3 Å². The molecule has 0 bridgehead atoms. The standard InChI is InChI=1S/C46H56N2O9SSi/c1-34-24-27-36(28-25-34)58(51,52)48(32-35-26-29-40-41(31-35)55-33-54-40)39(42(43(49)53-8)47-44(50)57-45(2,3)4)23-17-9-10-18-30-56-59(46(5,6)7,37-19-13-11-14-20-37)38-21-15-12-16-22-38/h11-17,19-22,24-29,31,42H,9-10,18,30,32-33H2,1-8H3,(H,47,50)/t23?,42-/m1/s1. The molecule has 0 unspecified atom stereocenters. The normalized spacial score (nSPS) is 13.2. The van der Waals surface area contributed by atoms with Gasteiger partial charge in [0.2, 0.25) is 6.79 Å². The topological polar surface area (TPSA) is 130 Å². The first kappa shape index (κ1) is 44.8. The van der Waals surface area contributed by atoms with Crippen LogP contribution in [0.1, 0.15) is 71.9 Å². The first-order valence-electron chi connectivity index (χ1n) is 19.7. The fourth-order valence-electron chi connectivity index (χ4n) is 6.94. The van der Waals surface area contributed by atoms with E-state index in [0.29, 0.717) is 42.9 Å². The fourth-order valence-corrected chi connectivity index (χ4v) is 13.0. The monoisotopic (exact) mass is 840 g/mol. The highest BCUT2D eigenvalue weighted by Crippen LogP contribution is 2.37. The van der Waals surface area contributed by atoms with E-state index in [1.165, 1.54) is 22.5 Å². The van der Waals surface area contributed by atoms with Crippen molar-refractivity contribution in [2.45, 2.75) is 95.9 Å². The molecule has 1 heterocycles. The fraction of sp³-hybridized carbons (Fsp3) is 0.370. The molecular weight excluding hydrogens is 785 g/mol. The molecule has 0 saturated carbocycles. The number of nitrogens with one attached hydrogen (secondary N) is 1. The summed E-state index contributed by atoms with van der Waals surface area (Å²) < 4.78 is 59.3. The largest absolute Gasteiger partial charge is 0.467 e. The number of hydrogen-bond acceptors (Lipinski definition) is 9. The summed E-state index contributed by atoms with van der Waals surface area (Å²) in [5.74, 6) is 0.0588. The first-order chi connectivity index (χ1) is 28.0. The maximum atomic E-state index is 14.7. The zero-order valence-corrected chi connectivity index (χ0v) is 37.1. The SMILES string of the molecule is COC(=O)[C@H](NC(=O)OC(C)(C)C)C(=C=CCCCCO[Si](c1ccccc1)(c1ccccc1)C(C)(C)C)N(Cc1ccc2c(c1)OCO2)S(=O)(=O)c1ccc(C)cc1. The molecule has 314 valence electrons. The maximum Gasteiger partial charge on any atom is 0.408 e. The van der Waals surface area contributed by atoms with Crippen LogP contribution in [0.3, 0.4) is 0 Å². The lowest BCUT2D eigenvalue weighted by Crippen LogP contribution is -2.66. The van der Waals surface area contributed by atoms with Crippen molar-refractivity contribution < 1.29 is 41.4 Å². The number of carbonyl (C=O) groups excluding carboxylic acids is 2. The molecule has 0 fully saturated rings. The van der Waals surface area contributed by atoms with E-state index in [1.807, 2.05) is 19.1 Å². The highest BCUT2D eigenvalue weighted by atomic mass is 32.2. The van der Waals surface area contributed by atoms with Crippen LogP contribution in [-0.4, -0.2) is 65.3 Å². The van der Waals surface area contributed by atoms with E-state index in [9.17, 15) is 18.0 Å². The molecule has 0 spiro atoms. The van der Waals surface area contributed by atoms with Gasteiger partial charge in [-0.25, -0.2) is 18.0 Å². The molecule has 4 aromatic carbocycles. The summed E-state index contributed by atoms with van der Waals surface area (Å²) in [6.07, 6.45) is 2.55. The second-order valence-electron chi connectivity index (χ2n) is 16.4. The molecule has 1 amide bonds. The number of unbranched alkanes of at least 4 members (excludes halogenated alkanes) is 2. The highest BCUT2D eigenvalue weighted by molar-refractivity contribution is 7.89. The Morgan fingerprint density at radius 1 is 0.864 bits per heavy atom. The van der Waals surface area contributed by atoms with E-state index in [2.05, 4.69) is 80.4 Å². The minimum Gasteiger partial charge on any atom is -0.467 e. The highest BCUT2D eigenvalue weighted by Gasteiger charge is 2.50. The van der Waals surface area contributed by atoms with Crippen molar-refractivity contribution in [1.29, 1.82) is 0 Å². The summed E-state index contributed by atoms with van der Waals surface area (Å²) in [4.78, 5) is 26.9. The van der Waals surface area contributed by atoms with Crippen molar-refractivity contribution in [1.82, 2.24) is 9.62 Å². The van der Waals surface area contributed by atoms with E-state index >= 15 is 0 Å². The van der Waals surface area contributed by atoms with Crippen LogP contribution in [0.25, 0.3) is 0 Å². The lowest BCUT2D eigenvalue weighted by Gasteiger charge is -2.43. The van der Waals surface area contributed by atoms with Crippen molar-refractivity contribution in [3.8, 4) is 11.5 Å². The van der Waals surface area contributed by atoms with Crippen molar-refractivity contribution in [3.63, 3.8) is 0 Å². The van der Waals surface area contributed by atoms with Gasteiger partial charge < -0.3 is 28.7 Å². The van der Waals surface area contributed by atoms with E-state index in [0.717, 1.165) is 17.0 Å². The molecule has 4 aromatic rings. The van der Waals surface area contributed by atoms with Crippen molar-refractivity contribution in [2.24, 2.45) is 0 Å². The molecule has 1 N–H and O–H groups in total. The van der Waals surface area contributed by atoms with Crippen LogP contribution in [0, 0.1) is 6.92 Å². The van der Waals surface area contributed by atoms with Crippen LogP contribution in [0.5, 0.6) is 11.5 Å². The van der Waals surface area contributed by atoms with Crippen LogP contribution in [0.4, 0.5) is 4.79 Å². The van der Waals surface area contributed by atoms with Gasteiger partial charge in [0.15, 0.2) is 17.5 Å². The quantitative estimate of drug-likeness (QED) is 0.0521. The van der Waals surface area contributed by atoms with Crippen molar-refractivity contribution in [2.75, 3.05) is 20.5 Å². The molecule has 59 heavy (non-hydrogen) atoms. The maximum absolute atomic E-state index is 14.7. The number of alkyl carbamates (subject to hydrolysis) is 1. The summed E-state index contributed by atoms with van der Waals surface area (Å²) in [5, 5.41) is 4.77. The molecule has 1 aliphatic rings. The number of amides is 1. The van der Waals surface area contributed by atoms with Gasteiger partial charge in [-0.1, -0.05) is 105 Å². The molecule has 0 saturated heterocycles. The molecule has 1 atom stereocenters. The van der Waals surface area contributed by atoms with Crippen LogP contribution in [0.2, 0.25) is 5.04 Å². The first-order valence-corrected chi connectivity index (χ1v) is 23.1. The number of nitrogens with zero attached hydrogens (tertiary/aromatic N) is 1. The molecule has 1 aliphatic heterocycles. The van der Waals surface area contributed by atoms with Crippen molar-refractivity contribution >= 4 is 40.8 Å². The number of sulfonamides is 1. The zero-order chi connectivity index (χ0) is 42.8. The lowest BCUT2D eigenvalue weighted by atomic mass is 10.1. The molecule has 0 aromatic heterocycles. The second kappa shape index (κ2) is 19.2. The van der Waals surface area contributed by atoms with Crippen LogP contribution >= 0.6 is 0 Å². The van der Waals surface area contributed by atoms with E-state index in [4.69, 9.17) is 23.4 Å². The Morgan fingerprint density at radius 2 is 1.47 bits per heavy atom. The molecule has 13 heteroatoms. The number of methoxy groups -OCH3 is 1. The lowest BCUT2D eigenvalue weighted by molar-refractivity contribution is -0.142. The molecule has 0 aliphatic carbocycles. The number of rotatable bonds is 16. The van der Waals surface area contributed by atoms with Crippen molar-refractivity contribution in [3.05, 3.63) is 132 Å². The zero-order valence-electron chi connectivity index (χ0n) is 35.2. The van der Waals surface area contributed by atoms with Crippen LogP contribution in [0.15, 0.2) is 126 Å². The predicted octanol–water partition coefficient (Wildman–Crippen LogP) is 7.77. The van der Waals surface area contributed by atoms with Gasteiger partial charge in [-0.15, -0.1) is 5.73 Å². The smallest absolute Gasteiger partial charge is 0.408 e. The third-order valence-electron chi connectivity index (χ3n) is 9.74. The third kappa shape index (κ3) is 11.0. The summed E-state index contributed by atoms with van der Waals surface area (Å²) in [6, 6.07) is 30.7. The number of benzene rings is 4. The number of aryl methyl sites for hydroxylation is 1. The summed E-state index contributed by atoms with van der Waals surface area (Å²) in [7, 11) is -5.97. The number of hydrogen-bond donors (Lipinski definition) is 1. The Bertz CT molecular complexity index is 2190. The van der Waals surface area contributed by atoms with Gasteiger partial charge in [-0.3, -0.25) is 4.31 Å². The third-order valence-corrected chi connectivity index (χ3v) is 16.6. The minimum atomic E-state index is -4.40. The van der Waals surface area contributed by atoms with E-state index < -0.39 is 42.0 Å². The second-order valence-corrected chi connectivity index (χ2v) is 22.5. The van der Waals surface area contributed by atoms with Gasteiger partial charge in [-0.2, -0.15) is 0 Å². The Balaban J connectivity index is 1.52. The molecule has 5 rings (SSSR count). The number of fused-ring (bicyclic) bond motifs is 1. The van der Waals surface area contributed by atoms with Gasteiger partial charge in [-0.05, 0) is 98.3 Å². The van der Waals surface area contributed by atoms with Gasteiger partial charge in [0.25, 0.3) is 18.3 Å². The van der Waals surface area contributed by atoms with E-state index in [1.54, 1.807) is 57.2 Å². The summed E-state index contributed by atoms with van der Waals surface area (Å²) >= 11 is 0.